The highest BCUT2D eigenvalue weighted by atomic mass is 35.5. The number of hydrazone groups is 1. The summed E-state index contributed by atoms with van der Waals surface area (Å²) < 4.78 is 5.22. The van der Waals surface area contributed by atoms with Gasteiger partial charge in [0.25, 0.3) is 5.91 Å². The van der Waals surface area contributed by atoms with Crippen LogP contribution in [0.3, 0.4) is 0 Å². The van der Waals surface area contributed by atoms with E-state index in [-0.39, 0.29) is 12.5 Å². The highest BCUT2D eigenvalue weighted by molar-refractivity contribution is 6.30. The molecule has 0 aliphatic heterocycles. The Labute approximate surface area is 105 Å². The van der Waals surface area contributed by atoms with Gasteiger partial charge < -0.3 is 4.74 Å². The average Bonchev–Trinajstić information content (AvgIpc) is 2.34. The van der Waals surface area contributed by atoms with Crippen molar-refractivity contribution in [1.82, 2.24) is 5.43 Å². The van der Waals surface area contributed by atoms with E-state index in [1.165, 1.54) is 6.21 Å². The monoisotopic (exact) mass is 252 g/mol. The molecule has 0 fully saturated rings. The van der Waals surface area contributed by atoms with Crippen molar-refractivity contribution in [3.8, 4) is 5.75 Å². The van der Waals surface area contributed by atoms with Crippen molar-refractivity contribution in [2.24, 2.45) is 5.10 Å². The summed E-state index contributed by atoms with van der Waals surface area (Å²) in [5.74, 6) is 0.266. The molecule has 0 saturated heterocycles. The predicted octanol–water partition coefficient (Wildman–Crippen LogP) is 2.40. The minimum Gasteiger partial charge on any atom is -0.484 e. The first-order chi connectivity index (χ1) is 8.22. The second kappa shape index (κ2) is 7.46. The molecule has 1 aromatic rings. The number of carbonyl (C=O) groups excluding carboxylic acids is 1. The zero-order valence-corrected chi connectivity index (χ0v) is 10.1. The number of nitrogens with one attached hydrogen (secondary N) is 1. The second-order valence-corrected chi connectivity index (χ2v) is 3.52. The van der Waals surface area contributed by atoms with Crippen molar-refractivity contribution in [2.75, 3.05) is 6.61 Å². The zero-order chi connectivity index (χ0) is 12.5. The van der Waals surface area contributed by atoms with Gasteiger partial charge in [0.2, 0.25) is 0 Å². The molecule has 5 heteroatoms. The van der Waals surface area contributed by atoms with E-state index in [1.54, 1.807) is 36.4 Å². The quantitative estimate of drug-likeness (QED) is 0.646. The van der Waals surface area contributed by atoms with Gasteiger partial charge >= 0.3 is 0 Å². The van der Waals surface area contributed by atoms with Crippen LogP contribution >= 0.6 is 11.6 Å². The maximum Gasteiger partial charge on any atom is 0.277 e. The zero-order valence-electron chi connectivity index (χ0n) is 9.39. The van der Waals surface area contributed by atoms with Gasteiger partial charge in [-0.05, 0) is 37.3 Å². The van der Waals surface area contributed by atoms with Gasteiger partial charge in [0, 0.05) is 11.2 Å². The molecule has 90 valence electrons. The van der Waals surface area contributed by atoms with Gasteiger partial charge in [-0.2, -0.15) is 5.10 Å². The van der Waals surface area contributed by atoms with Gasteiger partial charge in [-0.15, -0.1) is 0 Å². The number of ether oxygens (including phenoxy) is 1. The fourth-order valence-electron chi connectivity index (χ4n) is 0.950. The molecular weight excluding hydrogens is 240 g/mol. The number of nitrogens with zero attached hydrogens (tertiary/aromatic N) is 1. The minimum absolute atomic E-state index is 0.0885. The minimum atomic E-state index is -0.319. The van der Waals surface area contributed by atoms with Crippen molar-refractivity contribution in [2.45, 2.75) is 6.92 Å². The predicted molar refractivity (Wildman–Crippen MR) is 68.4 cm³/mol. The molecule has 0 radical (unpaired) electrons. The number of benzene rings is 1. The van der Waals surface area contributed by atoms with Crippen LogP contribution in [0.5, 0.6) is 5.75 Å². The van der Waals surface area contributed by atoms with Crippen molar-refractivity contribution in [1.29, 1.82) is 0 Å². The third kappa shape index (κ3) is 5.73. The molecule has 1 amide bonds. The van der Waals surface area contributed by atoms with Crippen LogP contribution in [0.1, 0.15) is 6.92 Å². The van der Waals surface area contributed by atoms with Crippen molar-refractivity contribution in [3.63, 3.8) is 0 Å². The summed E-state index contributed by atoms with van der Waals surface area (Å²) >= 11 is 5.71. The van der Waals surface area contributed by atoms with E-state index in [0.717, 1.165) is 0 Å². The van der Waals surface area contributed by atoms with Gasteiger partial charge in [-0.1, -0.05) is 17.7 Å². The van der Waals surface area contributed by atoms with Crippen LogP contribution in [-0.2, 0) is 4.79 Å². The number of carbonyl (C=O) groups is 1. The molecular formula is C12H13ClN2O2. The summed E-state index contributed by atoms with van der Waals surface area (Å²) in [6, 6.07) is 6.77. The van der Waals surface area contributed by atoms with Gasteiger partial charge in [0.1, 0.15) is 5.75 Å². The molecule has 4 nitrogen and oxygen atoms in total. The summed E-state index contributed by atoms with van der Waals surface area (Å²) in [6.07, 6.45) is 5.00. The lowest BCUT2D eigenvalue weighted by molar-refractivity contribution is -0.123. The van der Waals surface area contributed by atoms with Crippen molar-refractivity contribution in [3.05, 3.63) is 41.4 Å². The van der Waals surface area contributed by atoms with E-state index in [4.69, 9.17) is 16.3 Å². The van der Waals surface area contributed by atoms with Crippen LogP contribution in [-0.4, -0.2) is 18.7 Å². The third-order valence-corrected chi connectivity index (χ3v) is 1.98. The molecule has 0 aromatic heterocycles. The number of halogens is 1. The number of hydrogen-bond donors (Lipinski definition) is 1. The molecule has 1 rings (SSSR count). The Morgan fingerprint density at radius 1 is 1.47 bits per heavy atom. The Kier molecular flexibility index (Phi) is 5.82. The third-order valence-electron chi connectivity index (χ3n) is 1.73. The van der Waals surface area contributed by atoms with Gasteiger partial charge in [0.05, 0.1) is 0 Å². The topological polar surface area (TPSA) is 50.7 Å². The van der Waals surface area contributed by atoms with Crippen molar-refractivity contribution < 1.29 is 9.53 Å². The van der Waals surface area contributed by atoms with Gasteiger partial charge in [-0.25, -0.2) is 5.43 Å². The van der Waals surface area contributed by atoms with Gasteiger partial charge in [-0.3, -0.25) is 4.79 Å². The Morgan fingerprint density at radius 2 is 2.18 bits per heavy atom. The molecule has 0 spiro atoms. The van der Waals surface area contributed by atoms with E-state index in [1.807, 2.05) is 6.92 Å². The van der Waals surface area contributed by atoms with E-state index in [2.05, 4.69) is 10.5 Å². The highest BCUT2D eigenvalue weighted by Crippen LogP contribution is 2.15. The molecule has 0 bridgehead atoms. The van der Waals surface area contributed by atoms with E-state index in [0.29, 0.717) is 10.8 Å². The van der Waals surface area contributed by atoms with Gasteiger partial charge in [0.15, 0.2) is 6.61 Å². The summed E-state index contributed by atoms with van der Waals surface area (Å²) in [5, 5.41) is 4.30. The van der Waals surface area contributed by atoms with Crippen LogP contribution in [0.4, 0.5) is 0 Å². The van der Waals surface area contributed by atoms with Crippen molar-refractivity contribution >= 4 is 23.7 Å². The van der Waals surface area contributed by atoms with Crippen LogP contribution in [0.25, 0.3) is 0 Å². The molecule has 0 unspecified atom stereocenters. The average molecular weight is 253 g/mol. The Hall–Kier alpha value is -1.81. The first kappa shape index (κ1) is 13.3. The highest BCUT2D eigenvalue weighted by Gasteiger charge is 2.00. The number of hydrogen-bond acceptors (Lipinski definition) is 3. The molecule has 0 aliphatic rings. The smallest absolute Gasteiger partial charge is 0.277 e. The lowest BCUT2D eigenvalue weighted by atomic mass is 10.3. The Morgan fingerprint density at radius 3 is 2.82 bits per heavy atom. The van der Waals surface area contributed by atoms with E-state index < -0.39 is 0 Å². The number of rotatable bonds is 5. The Bertz CT molecular complexity index is 413. The maximum atomic E-state index is 11.2. The fourth-order valence-corrected chi connectivity index (χ4v) is 1.08. The Balaban J connectivity index is 2.30. The first-order valence-electron chi connectivity index (χ1n) is 5.04. The van der Waals surface area contributed by atoms with E-state index in [9.17, 15) is 4.79 Å². The maximum absolute atomic E-state index is 11.2. The molecule has 1 aromatic carbocycles. The summed E-state index contributed by atoms with van der Waals surface area (Å²) in [7, 11) is 0. The van der Waals surface area contributed by atoms with Crippen LogP contribution in [0, 0.1) is 0 Å². The summed E-state index contributed by atoms with van der Waals surface area (Å²) in [5.41, 5.74) is 2.33. The SMILES string of the molecule is CC=CC=NNC(=O)COc1ccc(Cl)cc1. The largest absolute Gasteiger partial charge is 0.484 e. The van der Waals surface area contributed by atoms with Crippen LogP contribution in [0.2, 0.25) is 5.02 Å². The standard InChI is InChI=1S/C12H13ClN2O2/c1-2-3-8-14-15-12(16)9-17-11-6-4-10(13)5-7-11/h2-8H,9H2,1H3,(H,15,16). The second-order valence-electron chi connectivity index (χ2n) is 3.08. The summed E-state index contributed by atoms with van der Waals surface area (Å²) in [6.45, 7) is 1.77. The molecule has 0 atom stereocenters. The fraction of sp³-hybridized carbons (Fsp3) is 0.167. The number of allylic oxidation sites excluding steroid dienone is 2. The lowest BCUT2D eigenvalue weighted by Gasteiger charge is -2.04. The van der Waals surface area contributed by atoms with Crippen LogP contribution < -0.4 is 10.2 Å². The van der Waals surface area contributed by atoms with Crippen LogP contribution in [0.15, 0.2) is 41.5 Å². The summed E-state index contributed by atoms with van der Waals surface area (Å²) in [4.78, 5) is 11.2. The normalized spacial score (nSPS) is 10.9. The number of amides is 1. The molecule has 0 saturated carbocycles. The molecule has 0 heterocycles. The van der Waals surface area contributed by atoms with E-state index >= 15 is 0 Å². The molecule has 0 aliphatic carbocycles. The lowest BCUT2D eigenvalue weighted by Crippen LogP contribution is -2.24. The molecule has 17 heavy (non-hydrogen) atoms. The molecule has 1 N–H and O–H groups in total. The first-order valence-corrected chi connectivity index (χ1v) is 5.41.